The van der Waals surface area contributed by atoms with E-state index in [9.17, 15) is 19.5 Å². The van der Waals surface area contributed by atoms with Crippen LogP contribution in [0.1, 0.15) is 49.3 Å². The van der Waals surface area contributed by atoms with Crippen molar-refractivity contribution in [2.75, 3.05) is 19.7 Å². The van der Waals surface area contributed by atoms with Crippen LogP contribution in [0.2, 0.25) is 0 Å². The molecule has 1 saturated heterocycles. The summed E-state index contributed by atoms with van der Waals surface area (Å²) in [5, 5.41) is 15.6. The molecule has 1 fully saturated rings. The molecule has 1 unspecified atom stereocenters. The second-order valence-corrected chi connectivity index (χ2v) is 11.4. The Morgan fingerprint density at radius 3 is 2.17 bits per heavy atom. The van der Waals surface area contributed by atoms with Crippen molar-refractivity contribution < 1.29 is 24.2 Å². The van der Waals surface area contributed by atoms with Crippen molar-refractivity contribution in [1.82, 2.24) is 15.5 Å². The highest BCUT2D eigenvalue weighted by atomic mass is 16.5. The van der Waals surface area contributed by atoms with Crippen molar-refractivity contribution >= 4 is 18.0 Å². The highest BCUT2D eigenvalue weighted by Crippen LogP contribution is 2.44. The highest BCUT2D eigenvalue weighted by Gasteiger charge is 2.46. The molecule has 2 amide bonds. The topological polar surface area (TPSA) is 108 Å². The summed E-state index contributed by atoms with van der Waals surface area (Å²) in [6.07, 6.45) is -0.408. The number of rotatable bonds is 9. The number of carboxylic acid groups (broad SMARTS) is 1. The van der Waals surface area contributed by atoms with Crippen LogP contribution < -0.4 is 10.6 Å². The van der Waals surface area contributed by atoms with E-state index in [1.807, 2.05) is 59.5 Å². The first-order chi connectivity index (χ1) is 19.2. The molecule has 40 heavy (non-hydrogen) atoms. The van der Waals surface area contributed by atoms with E-state index in [4.69, 9.17) is 4.74 Å². The van der Waals surface area contributed by atoms with Crippen LogP contribution in [-0.4, -0.2) is 58.8 Å². The summed E-state index contributed by atoms with van der Waals surface area (Å²) in [6, 6.07) is 26.0. The minimum atomic E-state index is -1.37. The SMILES string of the molecule is CC(C)(CC(=O)NC1(C(=O)O)CCN(Cc2ccccc2)C1)NC(=O)OCC1c2ccccc2-c2ccccc21. The first kappa shape index (κ1) is 27.4. The third kappa shape index (κ3) is 5.87. The number of likely N-dealkylation sites (tertiary alicyclic amines) is 1. The lowest BCUT2D eigenvalue weighted by molar-refractivity contribution is -0.147. The predicted octanol–water partition coefficient (Wildman–Crippen LogP) is 4.54. The molecule has 3 N–H and O–H groups in total. The Balaban J connectivity index is 1.16. The van der Waals surface area contributed by atoms with Gasteiger partial charge in [-0.2, -0.15) is 0 Å². The molecular weight excluding hydrogens is 506 g/mol. The number of ether oxygens (including phenoxy) is 1. The monoisotopic (exact) mass is 541 g/mol. The standard InChI is InChI=1S/C32H35N3O5/c1-31(2,18-28(36)33-32(29(37)38)16-17-35(21-32)19-22-10-4-3-5-11-22)34-30(39)40-20-27-25-14-8-6-12-23(25)24-13-7-9-15-26(24)27/h3-15,27H,16-21H2,1-2H3,(H,33,36)(H,34,39)(H,37,38). The maximum absolute atomic E-state index is 13.0. The minimum Gasteiger partial charge on any atom is -0.479 e. The quantitative estimate of drug-likeness (QED) is 0.367. The Morgan fingerprint density at radius 2 is 1.55 bits per heavy atom. The molecule has 0 aromatic heterocycles. The molecule has 0 saturated carbocycles. The van der Waals surface area contributed by atoms with Gasteiger partial charge >= 0.3 is 12.1 Å². The zero-order chi connectivity index (χ0) is 28.3. The van der Waals surface area contributed by atoms with E-state index >= 15 is 0 Å². The normalized spacial score (nSPS) is 18.6. The summed E-state index contributed by atoms with van der Waals surface area (Å²) in [5.74, 6) is -1.56. The molecule has 1 atom stereocenters. The number of carboxylic acids is 1. The average molecular weight is 542 g/mol. The van der Waals surface area contributed by atoms with Gasteiger partial charge in [0.05, 0.1) is 0 Å². The van der Waals surface area contributed by atoms with E-state index in [-0.39, 0.29) is 25.5 Å². The van der Waals surface area contributed by atoms with Crippen LogP contribution in [0.3, 0.4) is 0 Å². The lowest BCUT2D eigenvalue weighted by atomic mass is 9.95. The van der Waals surface area contributed by atoms with E-state index in [0.717, 1.165) is 27.8 Å². The van der Waals surface area contributed by atoms with Crippen molar-refractivity contribution in [2.45, 2.75) is 50.2 Å². The maximum atomic E-state index is 13.0. The molecule has 3 aromatic rings. The molecule has 1 heterocycles. The van der Waals surface area contributed by atoms with E-state index in [0.29, 0.717) is 19.5 Å². The summed E-state index contributed by atoms with van der Waals surface area (Å²) < 4.78 is 5.64. The fourth-order valence-electron chi connectivity index (χ4n) is 5.86. The van der Waals surface area contributed by atoms with Crippen LogP contribution in [0, 0.1) is 0 Å². The van der Waals surface area contributed by atoms with Crippen LogP contribution >= 0.6 is 0 Å². The smallest absolute Gasteiger partial charge is 0.407 e. The number of amides is 2. The number of nitrogens with one attached hydrogen (secondary N) is 2. The summed E-state index contributed by atoms with van der Waals surface area (Å²) in [5.41, 5.74) is 3.29. The lowest BCUT2D eigenvalue weighted by Gasteiger charge is -2.30. The van der Waals surface area contributed by atoms with Gasteiger partial charge < -0.3 is 20.5 Å². The third-order valence-corrected chi connectivity index (χ3v) is 7.77. The third-order valence-electron chi connectivity index (χ3n) is 7.77. The van der Waals surface area contributed by atoms with Crippen LogP contribution in [0.15, 0.2) is 78.9 Å². The van der Waals surface area contributed by atoms with Gasteiger partial charge in [-0.3, -0.25) is 9.69 Å². The van der Waals surface area contributed by atoms with E-state index in [2.05, 4.69) is 34.9 Å². The molecule has 2 aliphatic rings. The molecule has 208 valence electrons. The van der Waals surface area contributed by atoms with Crippen molar-refractivity contribution in [1.29, 1.82) is 0 Å². The summed E-state index contributed by atoms with van der Waals surface area (Å²) >= 11 is 0. The van der Waals surface area contributed by atoms with Gasteiger partial charge in [0.1, 0.15) is 6.61 Å². The molecule has 8 heteroatoms. The molecule has 5 rings (SSSR count). The number of carbonyl (C=O) groups excluding carboxylic acids is 2. The van der Waals surface area contributed by atoms with Gasteiger partial charge in [0.25, 0.3) is 0 Å². The zero-order valence-corrected chi connectivity index (χ0v) is 22.9. The molecule has 1 aliphatic heterocycles. The van der Waals surface area contributed by atoms with Gasteiger partial charge in [-0.25, -0.2) is 9.59 Å². The predicted molar refractivity (Wildman–Crippen MR) is 152 cm³/mol. The first-order valence-corrected chi connectivity index (χ1v) is 13.6. The summed E-state index contributed by atoms with van der Waals surface area (Å²) in [6.45, 7) is 4.99. The van der Waals surface area contributed by atoms with Crippen molar-refractivity contribution in [3.63, 3.8) is 0 Å². The van der Waals surface area contributed by atoms with Gasteiger partial charge in [0, 0.05) is 37.5 Å². The Hall–Kier alpha value is -4.17. The minimum absolute atomic E-state index is 0.0683. The van der Waals surface area contributed by atoms with Crippen LogP contribution in [0.4, 0.5) is 4.79 Å². The first-order valence-electron chi connectivity index (χ1n) is 13.6. The van der Waals surface area contributed by atoms with Gasteiger partial charge in [0.15, 0.2) is 5.54 Å². The van der Waals surface area contributed by atoms with Crippen LogP contribution in [-0.2, 0) is 20.9 Å². The second-order valence-electron chi connectivity index (χ2n) is 11.4. The Bertz CT molecular complexity index is 1360. The van der Waals surface area contributed by atoms with E-state index in [1.165, 1.54) is 0 Å². The lowest BCUT2D eigenvalue weighted by Crippen LogP contribution is -2.58. The number of carbonyl (C=O) groups is 3. The van der Waals surface area contributed by atoms with E-state index < -0.39 is 29.0 Å². The van der Waals surface area contributed by atoms with Crippen LogP contribution in [0.5, 0.6) is 0 Å². The van der Waals surface area contributed by atoms with Gasteiger partial charge in [-0.1, -0.05) is 78.9 Å². The van der Waals surface area contributed by atoms with Crippen molar-refractivity contribution in [3.8, 4) is 11.1 Å². The number of aliphatic carboxylic acids is 1. The fourth-order valence-corrected chi connectivity index (χ4v) is 5.86. The average Bonchev–Trinajstić information content (AvgIpc) is 3.47. The van der Waals surface area contributed by atoms with Crippen LogP contribution in [0.25, 0.3) is 11.1 Å². The summed E-state index contributed by atoms with van der Waals surface area (Å²) in [4.78, 5) is 40.1. The number of hydrogen-bond donors (Lipinski definition) is 3. The highest BCUT2D eigenvalue weighted by molar-refractivity contribution is 5.88. The Kier molecular flexibility index (Phi) is 7.63. The number of hydrogen-bond acceptors (Lipinski definition) is 5. The van der Waals surface area contributed by atoms with Crippen molar-refractivity contribution in [2.24, 2.45) is 0 Å². The Labute approximate surface area is 234 Å². The zero-order valence-electron chi connectivity index (χ0n) is 22.9. The molecule has 0 spiro atoms. The molecule has 8 nitrogen and oxygen atoms in total. The number of nitrogens with zero attached hydrogens (tertiary/aromatic N) is 1. The fraction of sp³-hybridized carbons (Fsp3) is 0.344. The molecule has 1 aliphatic carbocycles. The molecule has 0 radical (unpaired) electrons. The number of fused-ring (bicyclic) bond motifs is 3. The summed E-state index contributed by atoms with van der Waals surface area (Å²) in [7, 11) is 0. The molecular formula is C32H35N3O5. The van der Waals surface area contributed by atoms with Gasteiger partial charge in [-0.15, -0.1) is 0 Å². The van der Waals surface area contributed by atoms with E-state index in [1.54, 1.807) is 13.8 Å². The molecule has 3 aromatic carbocycles. The Morgan fingerprint density at radius 1 is 0.950 bits per heavy atom. The van der Waals surface area contributed by atoms with Gasteiger partial charge in [-0.05, 0) is 48.1 Å². The molecule has 0 bridgehead atoms. The number of benzene rings is 3. The maximum Gasteiger partial charge on any atom is 0.407 e. The van der Waals surface area contributed by atoms with Crippen molar-refractivity contribution in [3.05, 3.63) is 95.6 Å². The van der Waals surface area contributed by atoms with Gasteiger partial charge in [0.2, 0.25) is 5.91 Å². The second kappa shape index (κ2) is 11.1. The largest absolute Gasteiger partial charge is 0.479 e. The number of alkyl carbamates (subject to hydrolysis) is 1.